The van der Waals surface area contributed by atoms with Crippen LogP contribution in [-0.2, 0) is 19.5 Å². The van der Waals surface area contributed by atoms with Crippen molar-refractivity contribution in [3.05, 3.63) is 11.6 Å². The molecular formula is C15H25N5OS. The van der Waals surface area contributed by atoms with Crippen molar-refractivity contribution in [3.8, 4) is 0 Å². The highest BCUT2D eigenvalue weighted by Crippen LogP contribution is 2.28. The van der Waals surface area contributed by atoms with Crippen molar-refractivity contribution in [1.29, 1.82) is 0 Å². The van der Waals surface area contributed by atoms with Gasteiger partial charge in [-0.2, -0.15) is 11.8 Å². The summed E-state index contributed by atoms with van der Waals surface area (Å²) in [5.41, 5.74) is 0. The molecule has 0 bridgehead atoms. The van der Waals surface area contributed by atoms with Gasteiger partial charge in [0.1, 0.15) is 5.82 Å². The van der Waals surface area contributed by atoms with Crippen LogP contribution >= 0.6 is 11.8 Å². The maximum atomic E-state index is 12.1. The van der Waals surface area contributed by atoms with Crippen LogP contribution < -0.4 is 10.6 Å². The van der Waals surface area contributed by atoms with E-state index in [1.165, 1.54) is 12.8 Å². The molecule has 6 nitrogen and oxygen atoms in total. The van der Waals surface area contributed by atoms with Gasteiger partial charge >= 0.3 is 6.03 Å². The highest BCUT2D eigenvalue weighted by atomic mass is 32.2. The number of thioether (sulfide) groups is 1. The normalized spacial score (nSPS) is 24.0. The molecular weight excluding hydrogens is 298 g/mol. The van der Waals surface area contributed by atoms with Crippen molar-refractivity contribution in [3.63, 3.8) is 0 Å². The minimum absolute atomic E-state index is 0.0810. The van der Waals surface area contributed by atoms with Gasteiger partial charge in [0.25, 0.3) is 0 Å². The zero-order valence-corrected chi connectivity index (χ0v) is 14.0. The van der Waals surface area contributed by atoms with Crippen molar-refractivity contribution in [2.24, 2.45) is 0 Å². The molecule has 0 radical (unpaired) electrons. The molecule has 22 heavy (non-hydrogen) atoms. The number of aromatic nitrogens is 3. The molecule has 1 fully saturated rings. The number of rotatable bonds is 5. The van der Waals surface area contributed by atoms with E-state index in [2.05, 4.69) is 32.3 Å². The fourth-order valence-electron chi connectivity index (χ4n) is 3.40. The number of nitrogens with zero attached hydrogens (tertiary/aromatic N) is 3. The molecule has 122 valence electrons. The fraction of sp³-hybridized carbons (Fsp3) is 0.800. The summed E-state index contributed by atoms with van der Waals surface area (Å²) in [6, 6.07) is 0.226. The van der Waals surface area contributed by atoms with Crippen LogP contribution in [0.3, 0.4) is 0 Å². The van der Waals surface area contributed by atoms with Gasteiger partial charge in [-0.15, -0.1) is 10.2 Å². The fourth-order valence-corrected chi connectivity index (χ4v) is 4.57. The Morgan fingerprint density at radius 2 is 2.27 bits per heavy atom. The molecule has 2 heterocycles. The number of urea groups is 1. The zero-order valence-electron chi connectivity index (χ0n) is 13.2. The summed E-state index contributed by atoms with van der Waals surface area (Å²) in [5.74, 6) is 3.07. The molecule has 1 aromatic heterocycles. The second-order valence-electron chi connectivity index (χ2n) is 6.06. The lowest BCUT2D eigenvalue weighted by Crippen LogP contribution is -2.44. The van der Waals surface area contributed by atoms with Gasteiger partial charge < -0.3 is 15.2 Å². The third-order valence-electron chi connectivity index (χ3n) is 4.46. The SMILES string of the molecule is CCS[C@@H]1CCC[C@H](NC(=O)NCc2nnc3n2CCC3)C1. The Hall–Kier alpha value is -1.24. The van der Waals surface area contributed by atoms with Gasteiger partial charge in [-0.1, -0.05) is 13.3 Å². The first-order valence-electron chi connectivity index (χ1n) is 8.33. The topological polar surface area (TPSA) is 71.8 Å². The number of hydrogen-bond donors (Lipinski definition) is 2. The second kappa shape index (κ2) is 7.35. The molecule has 3 rings (SSSR count). The van der Waals surface area contributed by atoms with E-state index < -0.39 is 0 Å². The molecule has 2 aliphatic rings. The molecule has 0 aromatic carbocycles. The Kier molecular flexibility index (Phi) is 5.23. The summed E-state index contributed by atoms with van der Waals surface area (Å²) in [6.07, 6.45) is 6.80. The monoisotopic (exact) mass is 323 g/mol. The molecule has 1 aliphatic heterocycles. The molecule has 7 heteroatoms. The molecule has 0 saturated heterocycles. The van der Waals surface area contributed by atoms with Crippen LogP contribution in [0.15, 0.2) is 0 Å². The molecule has 2 N–H and O–H groups in total. The minimum Gasteiger partial charge on any atom is -0.335 e. The van der Waals surface area contributed by atoms with Gasteiger partial charge in [0.05, 0.1) is 6.54 Å². The average Bonchev–Trinajstić information content (AvgIpc) is 3.09. The summed E-state index contributed by atoms with van der Waals surface area (Å²) < 4.78 is 2.12. The number of fused-ring (bicyclic) bond motifs is 1. The van der Waals surface area contributed by atoms with Gasteiger partial charge in [-0.05, 0) is 31.4 Å². The first-order chi connectivity index (χ1) is 10.8. The highest BCUT2D eigenvalue weighted by molar-refractivity contribution is 7.99. The van der Waals surface area contributed by atoms with Crippen LogP contribution in [0, 0.1) is 0 Å². The summed E-state index contributed by atoms with van der Waals surface area (Å²) in [5, 5.41) is 15.1. The molecule has 2 atom stereocenters. The maximum Gasteiger partial charge on any atom is 0.315 e. The number of carbonyl (C=O) groups is 1. The molecule has 0 spiro atoms. The van der Waals surface area contributed by atoms with Gasteiger partial charge in [-0.25, -0.2) is 4.79 Å². The summed E-state index contributed by atoms with van der Waals surface area (Å²) in [4.78, 5) is 12.1. The van der Waals surface area contributed by atoms with E-state index in [1.54, 1.807) is 0 Å². The zero-order chi connectivity index (χ0) is 15.4. The van der Waals surface area contributed by atoms with Crippen LogP contribution in [-0.4, -0.2) is 37.8 Å². The van der Waals surface area contributed by atoms with E-state index in [-0.39, 0.29) is 6.03 Å². The van der Waals surface area contributed by atoms with E-state index in [0.717, 1.165) is 49.6 Å². The third kappa shape index (κ3) is 3.74. The average molecular weight is 323 g/mol. The van der Waals surface area contributed by atoms with E-state index in [4.69, 9.17) is 0 Å². The number of amides is 2. The van der Waals surface area contributed by atoms with Gasteiger partial charge in [-0.3, -0.25) is 0 Å². The summed E-state index contributed by atoms with van der Waals surface area (Å²) >= 11 is 2.01. The number of carbonyl (C=O) groups excluding carboxylic acids is 1. The molecule has 1 aliphatic carbocycles. The standard InChI is InChI=1S/C15H25N5OS/c1-2-22-12-6-3-5-11(9-12)17-15(21)16-10-14-19-18-13-7-4-8-20(13)14/h11-12H,2-10H2,1H3,(H2,16,17,21)/t11-,12+/m0/s1. The van der Waals surface area contributed by atoms with Crippen molar-refractivity contribution < 1.29 is 4.79 Å². The van der Waals surface area contributed by atoms with Crippen molar-refractivity contribution in [1.82, 2.24) is 25.4 Å². The number of nitrogens with one attached hydrogen (secondary N) is 2. The van der Waals surface area contributed by atoms with E-state index in [0.29, 0.717) is 17.8 Å². The van der Waals surface area contributed by atoms with Crippen molar-refractivity contribution >= 4 is 17.8 Å². The van der Waals surface area contributed by atoms with E-state index in [1.807, 2.05) is 11.8 Å². The Bertz CT molecular complexity index is 516. The Morgan fingerprint density at radius 1 is 1.36 bits per heavy atom. The van der Waals surface area contributed by atoms with Crippen molar-refractivity contribution in [2.75, 3.05) is 5.75 Å². The van der Waals surface area contributed by atoms with E-state index >= 15 is 0 Å². The van der Waals surface area contributed by atoms with Crippen LogP contribution in [0.5, 0.6) is 0 Å². The maximum absolute atomic E-state index is 12.1. The predicted octanol–water partition coefficient (Wildman–Crippen LogP) is 2.09. The van der Waals surface area contributed by atoms with Crippen LogP contribution in [0.4, 0.5) is 4.79 Å². The third-order valence-corrected chi connectivity index (χ3v) is 5.69. The quantitative estimate of drug-likeness (QED) is 0.870. The lowest BCUT2D eigenvalue weighted by molar-refractivity contribution is 0.232. The molecule has 1 aromatic rings. The van der Waals surface area contributed by atoms with E-state index in [9.17, 15) is 4.79 Å². The summed E-state index contributed by atoms with van der Waals surface area (Å²) in [7, 11) is 0. The van der Waals surface area contributed by atoms with Crippen molar-refractivity contribution in [2.45, 2.75) is 69.8 Å². The van der Waals surface area contributed by atoms with Crippen LogP contribution in [0.25, 0.3) is 0 Å². The first kappa shape index (κ1) is 15.6. The predicted molar refractivity (Wildman–Crippen MR) is 87.9 cm³/mol. The van der Waals surface area contributed by atoms with Gasteiger partial charge in [0.15, 0.2) is 5.82 Å². The molecule has 0 unspecified atom stereocenters. The molecule has 2 amide bonds. The van der Waals surface area contributed by atoms with Crippen LogP contribution in [0.1, 0.15) is 50.7 Å². The van der Waals surface area contributed by atoms with Crippen LogP contribution in [0.2, 0.25) is 0 Å². The second-order valence-corrected chi connectivity index (χ2v) is 7.63. The van der Waals surface area contributed by atoms with Gasteiger partial charge in [0.2, 0.25) is 0 Å². The Labute approximate surface area is 135 Å². The van der Waals surface area contributed by atoms with Gasteiger partial charge in [0, 0.05) is 24.3 Å². The Morgan fingerprint density at radius 3 is 3.14 bits per heavy atom. The lowest BCUT2D eigenvalue weighted by atomic mass is 9.95. The number of aryl methyl sites for hydroxylation is 1. The Balaban J connectivity index is 1.44. The number of hydrogen-bond acceptors (Lipinski definition) is 4. The largest absolute Gasteiger partial charge is 0.335 e. The summed E-state index contributed by atoms with van der Waals surface area (Å²) in [6.45, 7) is 3.63. The highest BCUT2D eigenvalue weighted by Gasteiger charge is 2.23. The smallest absolute Gasteiger partial charge is 0.315 e. The first-order valence-corrected chi connectivity index (χ1v) is 9.38. The minimum atomic E-state index is -0.0810. The lowest BCUT2D eigenvalue weighted by Gasteiger charge is -2.29. The molecule has 1 saturated carbocycles.